The minimum absolute atomic E-state index is 0.113. The molecule has 5 nitrogen and oxygen atoms in total. The van der Waals surface area contributed by atoms with E-state index in [1.54, 1.807) is 0 Å². The van der Waals surface area contributed by atoms with Crippen molar-refractivity contribution in [3.63, 3.8) is 0 Å². The van der Waals surface area contributed by atoms with Crippen molar-refractivity contribution in [2.24, 2.45) is 0 Å². The fraction of sp³-hybridized carbons (Fsp3) is 0.892. The summed E-state index contributed by atoms with van der Waals surface area (Å²) in [5, 5.41) is 9.97. The lowest BCUT2D eigenvalue weighted by molar-refractivity contribution is -0.152. The molecule has 0 aromatic heterocycles. The highest BCUT2D eigenvalue weighted by atomic mass is 16.6. The Morgan fingerprint density at radius 2 is 0.762 bits per heavy atom. The molecule has 0 aromatic carbocycles. The predicted molar refractivity (Wildman–Crippen MR) is 178 cm³/mol. The van der Waals surface area contributed by atoms with Crippen molar-refractivity contribution in [1.82, 2.24) is 0 Å². The van der Waals surface area contributed by atoms with Crippen molar-refractivity contribution in [1.29, 1.82) is 0 Å². The molecule has 0 aromatic rings. The van der Waals surface area contributed by atoms with E-state index in [-0.39, 0.29) is 25.2 Å². The van der Waals surface area contributed by atoms with Gasteiger partial charge in [0.25, 0.3) is 0 Å². The molecule has 0 rings (SSSR count). The maximum Gasteiger partial charge on any atom is 0.305 e. The second kappa shape index (κ2) is 34.1. The number of aliphatic hydroxyl groups excluding tert-OH is 1. The van der Waals surface area contributed by atoms with E-state index in [0.717, 1.165) is 38.5 Å². The van der Waals surface area contributed by atoms with Crippen LogP contribution in [-0.4, -0.2) is 36.4 Å². The minimum Gasteiger partial charge on any atom is -0.463 e. The SMILES string of the molecule is CCCCCCCCC=CCCCCCCCC(=O)OC[C@@H](O)COC(=O)CCCCCCCCCCCCCCC. The summed E-state index contributed by atoms with van der Waals surface area (Å²) < 4.78 is 10.3. The Balaban J connectivity index is 3.42. The summed E-state index contributed by atoms with van der Waals surface area (Å²) >= 11 is 0. The van der Waals surface area contributed by atoms with E-state index in [4.69, 9.17) is 9.47 Å². The second-order valence-corrected chi connectivity index (χ2v) is 12.3. The quantitative estimate of drug-likeness (QED) is 0.0465. The van der Waals surface area contributed by atoms with Crippen LogP contribution in [0.5, 0.6) is 0 Å². The van der Waals surface area contributed by atoms with Gasteiger partial charge in [-0.3, -0.25) is 9.59 Å². The molecule has 0 unspecified atom stereocenters. The lowest BCUT2D eigenvalue weighted by Crippen LogP contribution is -2.25. The van der Waals surface area contributed by atoms with Crippen LogP contribution in [-0.2, 0) is 19.1 Å². The van der Waals surface area contributed by atoms with E-state index < -0.39 is 6.10 Å². The van der Waals surface area contributed by atoms with Crippen LogP contribution >= 0.6 is 0 Å². The van der Waals surface area contributed by atoms with E-state index in [1.807, 2.05) is 0 Å². The zero-order valence-corrected chi connectivity index (χ0v) is 28.0. The van der Waals surface area contributed by atoms with Crippen LogP contribution in [0.2, 0.25) is 0 Å². The van der Waals surface area contributed by atoms with Gasteiger partial charge in [0, 0.05) is 12.8 Å². The number of hydrogen-bond acceptors (Lipinski definition) is 5. The third kappa shape index (κ3) is 33.1. The Hall–Kier alpha value is -1.36. The van der Waals surface area contributed by atoms with E-state index in [1.165, 1.54) is 128 Å². The number of ether oxygens (including phenoxy) is 2. The standard InChI is InChI=1S/C37H70O5/c1-3-5-7-9-11-13-15-17-18-20-22-24-26-28-30-32-37(40)42-34-35(38)33-41-36(39)31-29-27-25-23-21-19-16-14-12-10-8-6-4-2/h17-18,35,38H,3-16,19-34H2,1-2H3/t35-/m0/s1. The molecule has 0 aliphatic heterocycles. The topological polar surface area (TPSA) is 72.8 Å². The van der Waals surface area contributed by atoms with Crippen LogP contribution in [0.4, 0.5) is 0 Å². The van der Waals surface area contributed by atoms with E-state index in [0.29, 0.717) is 12.8 Å². The van der Waals surface area contributed by atoms with Gasteiger partial charge in [0.15, 0.2) is 0 Å². The number of unbranched alkanes of at least 4 members (excludes halogenated alkanes) is 23. The number of rotatable bonds is 33. The fourth-order valence-corrected chi connectivity index (χ4v) is 5.20. The highest BCUT2D eigenvalue weighted by Crippen LogP contribution is 2.14. The van der Waals surface area contributed by atoms with Crippen molar-refractivity contribution in [2.45, 2.75) is 200 Å². The number of carbonyl (C=O) groups excluding carboxylic acids is 2. The molecule has 0 saturated carbocycles. The lowest BCUT2D eigenvalue weighted by atomic mass is 10.0. The molecule has 42 heavy (non-hydrogen) atoms. The number of allylic oxidation sites excluding steroid dienone is 2. The molecule has 0 saturated heterocycles. The maximum absolute atomic E-state index is 11.9. The molecule has 0 aliphatic rings. The van der Waals surface area contributed by atoms with Gasteiger partial charge in [-0.2, -0.15) is 0 Å². The normalized spacial score (nSPS) is 12.2. The van der Waals surface area contributed by atoms with Crippen LogP contribution in [0.1, 0.15) is 194 Å². The van der Waals surface area contributed by atoms with Crippen LogP contribution in [0.25, 0.3) is 0 Å². The van der Waals surface area contributed by atoms with Crippen molar-refractivity contribution in [3.8, 4) is 0 Å². The van der Waals surface area contributed by atoms with Crippen LogP contribution < -0.4 is 0 Å². The zero-order chi connectivity index (χ0) is 30.8. The molecular formula is C37H70O5. The third-order valence-corrected chi connectivity index (χ3v) is 8.00. The number of aliphatic hydroxyl groups is 1. The largest absolute Gasteiger partial charge is 0.463 e. The van der Waals surface area contributed by atoms with Gasteiger partial charge in [0.2, 0.25) is 0 Å². The smallest absolute Gasteiger partial charge is 0.305 e. The summed E-state index contributed by atoms with van der Waals surface area (Å²) in [6.07, 6.45) is 36.8. The van der Waals surface area contributed by atoms with Crippen LogP contribution in [0.3, 0.4) is 0 Å². The predicted octanol–water partition coefficient (Wildman–Crippen LogP) is 11.0. The zero-order valence-electron chi connectivity index (χ0n) is 28.0. The molecule has 5 heteroatoms. The first-order valence-electron chi connectivity index (χ1n) is 18.2. The Morgan fingerprint density at radius 1 is 0.476 bits per heavy atom. The van der Waals surface area contributed by atoms with Crippen molar-refractivity contribution in [2.75, 3.05) is 13.2 Å². The number of esters is 2. The average molecular weight is 595 g/mol. The van der Waals surface area contributed by atoms with Crippen molar-refractivity contribution < 1.29 is 24.2 Å². The summed E-state index contributed by atoms with van der Waals surface area (Å²) in [5.41, 5.74) is 0. The monoisotopic (exact) mass is 595 g/mol. The second-order valence-electron chi connectivity index (χ2n) is 12.3. The first-order valence-corrected chi connectivity index (χ1v) is 18.2. The minimum atomic E-state index is -0.960. The summed E-state index contributed by atoms with van der Waals surface area (Å²) in [6.45, 7) is 4.29. The van der Waals surface area contributed by atoms with Gasteiger partial charge in [-0.05, 0) is 38.5 Å². The fourth-order valence-electron chi connectivity index (χ4n) is 5.20. The molecule has 0 radical (unpaired) electrons. The van der Waals surface area contributed by atoms with E-state index in [2.05, 4.69) is 26.0 Å². The van der Waals surface area contributed by atoms with Gasteiger partial charge in [-0.25, -0.2) is 0 Å². The van der Waals surface area contributed by atoms with Gasteiger partial charge in [-0.1, -0.05) is 154 Å². The van der Waals surface area contributed by atoms with Gasteiger partial charge in [0.05, 0.1) is 0 Å². The molecule has 0 fully saturated rings. The van der Waals surface area contributed by atoms with E-state index in [9.17, 15) is 14.7 Å². The number of carbonyl (C=O) groups is 2. The molecule has 1 atom stereocenters. The summed E-state index contributed by atoms with van der Waals surface area (Å²) in [6, 6.07) is 0. The van der Waals surface area contributed by atoms with E-state index >= 15 is 0 Å². The molecule has 1 N–H and O–H groups in total. The molecular weight excluding hydrogens is 524 g/mol. The van der Waals surface area contributed by atoms with Gasteiger partial charge < -0.3 is 14.6 Å². The Bertz CT molecular complexity index is 603. The van der Waals surface area contributed by atoms with Gasteiger partial charge in [0.1, 0.15) is 19.3 Å². The molecule has 0 spiro atoms. The highest BCUT2D eigenvalue weighted by Gasteiger charge is 2.12. The highest BCUT2D eigenvalue weighted by molar-refractivity contribution is 5.69. The molecule has 248 valence electrons. The van der Waals surface area contributed by atoms with Crippen molar-refractivity contribution >= 4 is 11.9 Å². The molecule has 0 bridgehead atoms. The number of hydrogen-bond donors (Lipinski definition) is 1. The molecule has 0 aliphatic carbocycles. The Morgan fingerprint density at radius 3 is 1.10 bits per heavy atom. The third-order valence-electron chi connectivity index (χ3n) is 8.00. The summed E-state index contributed by atoms with van der Waals surface area (Å²) in [5.74, 6) is -0.568. The first kappa shape index (κ1) is 40.6. The molecule has 0 heterocycles. The average Bonchev–Trinajstić information content (AvgIpc) is 2.99. The maximum atomic E-state index is 11.9. The lowest BCUT2D eigenvalue weighted by Gasteiger charge is -2.12. The summed E-state index contributed by atoms with van der Waals surface area (Å²) in [4.78, 5) is 23.8. The molecule has 0 amide bonds. The van der Waals surface area contributed by atoms with Gasteiger partial charge in [-0.15, -0.1) is 0 Å². The summed E-state index contributed by atoms with van der Waals surface area (Å²) in [7, 11) is 0. The Labute approximate surface area is 261 Å². The first-order chi connectivity index (χ1) is 20.6. The van der Waals surface area contributed by atoms with Gasteiger partial charge >= 0.3 is 11.9 Å². The van der Waals surface area contributed by atoms with Crippen molar-refractivity contribution in [3.05, 3.63) is 12.2 Å². The van der Waals surface area contributed by atoms with Crippen LogP contribution in [0.15, 0.2) is 12.2 Å². The van der Waals surface area contributed by atoms with Crippen LogP contribution in [0, 0.1) is 0 Å². The Kier molecular flexibility index (Phi) is 33.0.